The maximum atomic E-state index is 10.5. The number of nitrogens with two attached hydrogens (primary N) is 1. The van der Waals surface area contributed by atoms with E-state index in [4.69, 9.17) is 10.5 Å². The van der Waals surface area contributed by atoms with Crippen LogP contribution >= 0.6 is 0 Å². The van der Waals surface area contributed by atoms with Gasteiger partial charge in [0.05, 0.1) is 6.54 Å². The van der Waals surface area contributed by atoms with Gasteiger partial charge in [0.25, 0.3) is 0 Å². The zero-order chi connectivity index (χ0) is 10.1. The molecule has 5 nitrogen and oxygen atoms in total. The van der Waals surface area contributed by atoms with E-state index in [1.165, 1.54) is 0 Å². The van der Waals surface area contributed by atoms with Gasteiger partial charge in [0.15, 0.2) is 0 Å². The molecule has 1 amide bonds. The van der Waals surface area contributed by atoms with Crippen molar-refractivity contribution in [1.29, 1.82) is 0 Å². The van der Waals surface area contributed by atoms with Crippen LogP contribution in [-0.2, 0) is 4.74 Å². The number of amides is 1. The third-order valence-corrected chi connectivity index (χ3v) is 1.44. The van der Waals surface area contributed by atoms with E-state index in [0.29, 0.717) is 19.6 Å². The lowest BCUT2D eigenvalue weighted by Gasteiger charge is -2.07. The number of hydrogen-bond acceptors (Lipinski definition) is 4. The summed E-state index contributed by atoms with van der Waals surface area (Å²) >= 11 is 0. The average Bonchev–Trinajstić information content (AvgIpc) is 2.56. The summed E-state index contributed by atoms with van der Waals surface area (Å²) in [7, 11) is 0. The van der Waals surface area contributed by atoms with Crippen molar-refractivity contribution in [3.05, 3.63) is 0 Å². The minimum atomic E-state index is -0.329. The molecule has 1 heterocycles. The minimum Gasteiger partial charge on any atom is -0.443 e. The number of alkyl carbamates (subject to hydrolysis) is 1. The van der Waals surface area contributed by atoms with Gasteiger partial charge in [-0.3, -0.25) is 0 Å². The SMILES string of the molecule is CC.NCCNCC1CNC(=O)O1. The van der Waals surface area contributed by atoms with Crippen LogP contribution in [0.5, 0.6) is 0 Å². The highest BCUT2D eigenvalue weighted by Crippen LogP contribution is 1.96. The summed E-state index contributed by atoms with van der Waals surface area (Å²) in [4.78, 5) is 10.5. The first-order valence-electron chi connectivity index (χ1n) is 4.68. The van der Waals surface area contributed by atoms with Gasteiger partial charge in [-0.25, -0.2) is 4.79 Å². The summed E-state index contributed by atoms with van der Waals surface area (Å²) in [6, 6.07) is 0. The molecule has 1 aliphatic heterocycles. The fraction of sp³-hybridized carbons (Fsp3) is 0.875. The van der Waals surface area contributed by atoms with E-state index < -0.39 is 0 Å². The molecule has 1 aliphatic rings. The molecule has 4 N–H and O–H groups in total. The van der Waals surface area contributed by atoms with Crippen molar-refractivity contribution < 1.29 is 9.53 Å². The molecule has 0 bridgehead atoms. The van der Waals surface area contributed by atoms with Crippen molar-refractivity contribution in [1.82, 2.24) is 10.6 Å². The van der Waals surface area contributed by atoms with Gasteiger partial charge in [-0.2, -0.15) is 0 Å². The lowest BCUT2D eigenvalue weighted by molar-refractivity contribution is 0.139. The average molecular weight is 189 g/mol. The first-order valence-corrected chi connectivity index (χ1v) is 4.68. The zero-order valence-corrected chi connectivity index (χ0v) is 8.30. The molecular formula is C8H19N3O2. The van der Waals surface area contributed by atoms with E-state index in [2.05, 4.69) is 10.6 Å². The molecule has 13 heavy (non-hydrogen) atoms. The maximum Gasteiger partial charge on any atom is 0.407 e. The molecule has 78 valence electrons. The van der Waals surface area contributed by atoms with Crippen LogP contribution < -0.4 is 16.4 Å². The fourth-order valence-electron chi connectivity index (χ4n) is 0.911. The number of nitrogens with one attached hydrogen (secondary N) is 2. The second kappa shape index (κ2) is 7.82. The molecule has 0 aromatic carbocycles. The molecule has 0 saturated carbocycles. The Hall–Kier alpha value is -0.810. The van der Waals surface area contributed by atoms with Crippen molar-refractivity contribution >= 4 is 6.09 Å². The van der Waals surface area contributed by atoms with Gasteiger partial charge in [-0.1, -0.05) is 13.8 Å². The molecule has 1 unspecified atom stereocenters. The Kier molecular flexibility index (Phi) is 7.33. The van der Waals surface area contributed by atoms with Gasteiger partial charge in [-0.15, -0.1) is 0 Å². The summed E-state index contributed by atoms with van der Waals surface area (Å²) in [5.41, 5.74) is 5.25. The van der Waals surface area contributed by atoms with Crippen LogP contribution in [-0.4, -0.2) is 38.4 Å². The smallest absolute Gasteiger partial charge is 0.407 e. The van der Waals surface area contributed by atoms with Crippen LogP contribution in [0.2, 0.25) is 0 Å². The predicted molar refractivity (Wildman–Crippen MR) is 51.5 cm³/mol. The molecular weight excluding hydrogens is 170 g/mol. The molecule has 0 aliphatic carbocycles. The Morgan fingerprint density at radius 1 is 1.69 bits per heavy atom. The van der Waals surface area contributed by atoms with E-state index >= 15 is 0 Å². The van der Waals surface area contributed by atoms with E-state index in [9.17, 15) is 4.79 Å². The van der Waals surface area contributed by atoms with Gasteiger partial charge in [0, 0.05) is 19.6 Å². The highest BCUT2D eigenvalue weighted by molar-refractivity contribution is 5.69. The summed E-state index contributed by atoms with van der Waals surface area (Å²) in [5, 5.41) is 5.62. The molecule has 0 spiro atoms. The van der Waals surface area contributed by atoms with Crippen LogP contribution in [0.3, 0.4) is 0 Å². The van der Waals surface area contributed by atoms with E-state index in [1.54, 1.807) is 0 Å². The molecule has 1 atom stereocenters. The highest BCUT2D eigenvalue weighted by Gasteiger charge is 2.21. The molecule has 0 aromatic heterocycles. The molecule has 0 radical (unpaired) electrons. The van der Waals surface area contributed by atoms with Gasteiger partial charge >= 0.3 is 6.09 Å². The molecule has 1 fully saturated rings. The van der Waals surface area contributed by atoms with Crippen LogP contribution in [0.1, 0.15) is 13.8 Å². The molecule has 1 rings (SSSR count). The molecule has 0 aromatic rings. The standard InChI is InChI=1S/C6H13N3O2.C2H6/c7-1-2-8-3-5-4-9-6(10)11-5;1-2/h5,8H,1-4,7H2,(H,9,10);1-2H3. The van der Waals surface area contributed by atoms with Crippen LogP contribution in [0, 0.1) is 0 Å². The lowest BCUT2D eigenvalue weighted by atomic mass is 10.3. The second-order valence-corrected chi connectivity index (χ2v) is 2.40. The van der Waals surface area contributed by atoms with Crippen molar-refractivity contribution in [2.45, 2.75) is 20.0 Å². The van der Waals surface area contributed by atoms with E-state index in [-0.39, 0.29) is 12.2 Å². The van der Waals surface area contributed by atoms with Crippen molar-refractivity contribution in [3.63, 3.8) is 0 Å². The van der Waals surface area contributed by atoms with Crippen molar-refractivity contribution in [2.75, 3.05) is 26.2 Å². The van der Waals surface area contributed by atoms with Crippen LogP contribution in [0.4, 0.5) is 4.79 Å². The van der Waals surface area contributed by atoms with Gasteiger partial charge in [0.1, 0.15) is 6.10 Å². The number of hydrogen-bond donors (Lipinski definition) is 3. The van der Waals surface area contributed by atoms with Crippen molar-refractivity contribution in [3.8, 4) is 0 Å². The second-order valence-electron chi connectivity index (χ2n) is 2.40. The van der Waals surface area contributed by atoms with Crippen molar-refractivity contribution in [2.24, 2.45) is 5.73 Å². The topological polar surface area (TPSA) is 76.4 Å². The minimum absolute atomic E-state index is 0.0333. The number of carbonyl (C=O) groups is 1. The van der Waals surface area contributed by atoms with Gasteiger partial charge in [-0.05, 0) is 0 Å². The van der Waals surface area contributed by atoms with Crippen LogP contribution in [0.25, 0.3) is 0 Å². The zero-order valence-electron chi connectivity index (χ0n) is 8.30. The monoisotopic (exact) mass is 189 g/mol. The Balaban J connectivity index is 0.000000671. The third-order valence-electron chi connectivity index (χ3n) is 1.44. The number of rotatable bonds is 4. The maximum absolute atomic E-state index is 10.5. The molecule has 1 saturated heterocycles. The Morgan fingerprint density at radius 3 is 2.85 bits per heavy atom. The summed E-state index contributed by atoms with van der Waals surface area (Å²) in [6.45, 7) is 6.63. The fourth-order valence-corrected chi connectivity index (χ4v) is 0.911. The number of ether oxygens (including phenoxy) is 1. The Morgan fingerprint density at radius 2 is 2.38 bits per heavy atom. The summed E-state index contributed by atoms with van der Waals surface area (Å²) < 4.78 is 4.85. The normalized spacial score (nSPS) is 19.9. The first kappa shape index (κ1) is 12.2. The predicted octanol–water partition coefficient (Wildman–Crippen LogP) is -0.331. The Bertz CT molecular complexity index is 141. The van der Waals surface area contributed by atoms with Gasteiger partial charge < -0.3 is 21.1 Å². The molecule has 5 heteroatoms. The largest absolute Gasteiger partial charge is 0.443 e. The highest BCUT2D eigenvalue weighted by atomic mass is 16.6. The van der Waals surface area contributed by atoms with Crippen LogP contribution in [0.15, 0.2) is 0 Å². The number of carbonyl (C=O) groups excluding carboxylic acids is 1. The summed E-state index contributed by atoms with van der Waals surface area (Å²) in [5.74, 6) is 0. The van der Waals surface area contributed by atoms with E-state index in [0.717, 1.165) is 6.54 Å². The Labute approximate surface area is 79.0 Å². The quantitative estimate of drug-likeness (QED) is 0.529. The number of cyclic esters (lactones) is 1. The first-order chi connectivity index (χ1) is 6.33. The third kappa shape index (κ3) is 5.43. The van der Waals surface area contributed by atoms with E-state index in [1.807, 2.05) is 13.8 Å². The lowest BCUT2D eigenvalue weighted by Crippen LogP contribution is -2.32. The van der Waals surface area contributed by atoms with Gasteiger partial charge in [0.2, 0.25) is 0 Å². The summed E-state index contributed by atoms with van der Waals surface area (Å²) in [6.07, 6.45) is -0.362.